The maximum Gasteiger partial charge on any atom is 0.322 e. The molecule has 0 aromatic heterocycles. The first-order valence-corrected chi connectivity index (χ1v) is 4.51. The van der Waals surface area contributed by atoms with Crippen LogP contribution in [0, 0.1) is 0 Å². The third kappa shape index (κ3) is 12.2. The topological polar surface area (TPSA) is 184 Å². The Morgan fingerprint density at radius 1 is 0.941 bits per heavy atom. The van der Waals surface area contributed by atoms with Gasteiger partial charge < -0.3 is 31.9 Å². The van der Waals surface area contributed by atoms with Crippen molar-refractivity contribution in [3.8, 4) is 0 Å². The van der Waals surface area contributed by atoms with E-state index < -0.39 is 36.6 Å². The summed E-state index contributed by atoms with van der Waals surface area (Å²) in [6.07, 6.45) is -0.224. The number of carboxylic acids is 3. The van der Waals surface area contributed by atoms with Gasteiger partial charge in [0.2, 0.25) is 0 Å². The van der Waals surface area contributed by atoms with Gasteiger partial charge in [0, 0.05) is 6.42 Å². The van der Waals surface area contributed by atoms with Crippen molar-refractivity contribution in [3.63, 3.8) is 0 Å². The summed E-state index contributed by atoms with van der Waals surface area (Å²) in [4.78, 5) is 29.5. The zero-order valence-electron chi connectivity index (χ0n) is 8.94. The van der Waals surface area contributed by atoms with E-state index in [4.69, 9.17) is 31.9 Å². The zero-order valence-corrected chi connectivity index (χ0v) is 8.94. The summed E-state index contributed by atoms with van der Waals surface area (Å²) in [5.41, 5.74) is 9.77. The highest BCUT2D eigenvalue weighted by Gasteiger charge is 2.12. The molecule has 9 heteroatoms. The van der Waals surface area contributed by atoms with E-state index in [1.54, 1.807) is 0 Å². The number of rotatable bonds is 6. The standard InChI is InChI=1S/C5H9NO4.C3H7NO3/c6-3(5(9)10)1-2-4(7)8;4-2(1-5)3(6)7/h3H,1-2,6H2,(H,7,8)(H,9,10);2,5H,1,4H2,(H,6,7)/t3-;2-/m00/s1. The number of aliphatic carboxylic acids is 3. The molecule has 0 aromatic carbocycles. The average Bonchev–Trinajstić information content (AvgIpc) is 2.24. The molecule has 17 heavy (non-hydrogen) atoms. The molecular formula is C8H16N2O7. The van der Waals surface area contributed by atoms with Gasteiger partial charge in [0.1, 0.15) is 12.1 Å². The third-order valence-electron chi connectivity index (χ3n) is 1.50. The van der Waals surface area contributed by atoms with Gasteiger partial charge in [-0.1, -0.05) is 0 Å². The minimum Gasteiger partial charge on any atom is -0.481 e. The zero-order chi connectivity index (χ0) is 14.0. The Bertz CT molecular complexity index is 269. The second-order valence-electron chi connectivity index (χ2n) is 3.00. The van der Waals surface area contributed by atoms with Crippen LogP contribution in [0.15, 0.2) is 0 Å². The van der Waals surface area contributed by atoms with E-state index in [-0.39, 0.29) is 12.8 Å². The van der Waals surface area contributed by atoms with Crippen molar-refractivity contribution in [2.24, 2.45) is 11.5 Å². The van der Waals surface area contributed by atoms with Gasteiger partial charge in [-0.25, -0.2) is 0 Å². The van der Waals surface area contributed by atoms with Crippen LogP contribution in [0.1, 0.15) is 12.8 Å². The normalized spacial score (nSPS) is 12.9. The molecule has 100 valence electrons. The van der Waals surface area contributed by atoms with E-state index in [9.17, 15) is 14.4 Å². The van der Waals surface area contributed by atoms with Crippen LogP contribution in [0.4, 0.5) is 0 Å². The summed E-state index contributed by atoms with van der Waals surface area (Å²) < 4.78 is 0. The van der Waals surface area contributed by atoms with E-state index in [0.29, 0.717) is 0 Å². The summed E-state index contributed by atoms with van der Waals surface area (Å²) in [6.45, 7) is -0.505. The van der Waals surface area contributed by atoms with Crippen molar-refractivity contribution in [2.75, 3.05) is 6.61 Å². The van der Waals surface area contributed by atoms with E-state index in [0.717, 1.165) is 0 Å². The van der Waals surface area contributed by atoms with Gasteiger partial charge in [0.25, 0.3) is 0 Å². The number of carboxylic acid groups (broad SMARTS) is 3. The van der Waals surface area contributed by atoms with Crippen molar-refractivity contribution in [2.45, 2.75) is 24.9 Å². The lowest BCUT2D eigenvalue weighted by atomic mass is 10.2. The predicted molar refractivity (Wildman–Crippen MR) is 55.2 cm³/mol. The van der Waals surface area contributed by atoms with Crippen molar-refractivity contribution in [1.29, 1.82) is 0 Å². The van der Waals surface area contributed by atoms with E-state index in [1.807, 2.05) is 0 Å². The first kappa shape index (κ1) is 17.7. The van der Waals surface area contributed by atoms with Crippen LogP contribution < -0.4 is 11.5 Å². The molecule has 0 radical (unpaired) electrons. The Morgan fingerprint density at radius 2 is 1.35 bits per heavy atom. The van der Waals surface area contributed by atoms with E-state index in [1.165, 1.54) is 0 Å². The molecule has 8 N–H and O–H groups in total. The minimum absolute atomic E-state index is 0.0231. The quantitative estimate of drug-likeness (QED) is 0.301. The average molecular weight is 252 g/mol. The molecule has 0 aliphatic rings. The summed E-state index contributed by atoms with van der Waals surface area (Å²) in [7, 11) is 0. The fraction of sp³-hybridized carbons (Fsp3) is 0.625. The monoisotopic (exact) mass is 252 g/mol. The third-order valence-corrected chi connectivity index (χ3v) is 1.50. The number of aliphatic hydroxyl groups excluding tert-OH is 1. The second-order valence-corrected chi connectivity index (χ2v) is 3.00. The first-order valence-electron chi connectivity index (χ1n) is 4.51. The molecule has 0 spiro atoms. The van der Waals surface area contributed by atoms with E-state index in [2.05, 4.69) is 0 Å². The lowest BCUT2D eigenvalue weighted by Crippen LogP contribution is -2.33. The van der Waals surface area contributed by atoms with Gasteiger partial charge in [-0.3, -0.25) is 14.4 Å². The van der Waals surface area contributed by atoms with E-state index >= 15 is 0 Å². The number of nitrogens with two attached hydrogens (primary N) is 2. The first-order chi connectivity index (χ1) is 7.72. The van der Waals surface area contributed by atoms with Crippen molar-refractivity contribution in [3.05, 3.63) is 0 Å². The smallest absolute Gasteiger partial charge is 0.322 e. The Hall–Kier alpha value is -1.71. The molecule has 0 saturated carbocycles. The Balaban J connectivity index is 0. The molecule has 0 amide bonds. The molecule has 0 bridgehead atoms. The van der Waals surface area contributed by atoms with Crippen molar-refractivity contribution >= 4 is 17.9 Å². The molecule has 0 rings (SSSR count). The number of aliphatic hydroxyl groups is 1. The second kappa shape index (κ2) is 9.51. The van der Waals surface area contributed by atoms with Crippen molar-refractivity contribution in [1.82, 2.24) is 0 Å². The number of hydrogen-bond donors (Lipinski definition) is 6. The largest absolute Gasteiger partial charge is 0.481 e. The van der Waals surface area contributed by atoms with Gasteiger partial charge >= 0.3 is 17.9 Å². The van der Waals surface area contributed by atoms with Gasteiger partial charge in [0.05, 0.1) is 6.61 Å². The van der Waals surface area contributed by atoms with Crippen LogP contribution in [0.3, 0.4) is 0 Å². The molecule has 0 fully saturated rings. The molecule has 0 aliphatic heterocycles. The number of carbonyl (C=O) groups is 3. The molecule has 0 aromatic rings. The van der Waals surface area contributed by atoms with Crippen LogP contribution in [0.2, 0.25) is 0 Å². The van der Waals surface area contributed by atoms with Crippen LogP contribution in [-0.4, -0.2) is 57.0 Å². The highest BCUT2D eigenvalue weighted by molar-refractivity contribution is 5.74. The van der Waals surface area contributed by atoms with Crippen LogP contribution in [0.5, 0.6) is 0 Å². The summed E-state index contributed by atoms with van der Waals surface area (Å²) in [5.74, 6) is -3.37. The Kier molecular flexibility index (Phi) is 9.89. The number of hydrogen-bond acceptors (Lipinski definition) is 6. The SMILES string of the molecule is N[C@@H](CCC(=O)O)C(=O)O.N[C@@H](CO)C(=O)O. The fourth-order valence-electron chi connectivity index (χ4n) is 0.481. The Morgan fingerprint density at radius 3 is 1.53 bits per heavy atom. The summed E-state index contributed by atoms with van der Waals surface area (Å²) in [5, 5.41) is 32.2. The van der Waals surface area contributed by atoms with Crippen molar-refractivity contribution < 1.29 is 34.8 Å². The van der Waals surface area contributed by atoms with Gasteiger partial charge in [-0.2, -0.15) is 0 Å². The lowest BCUT2D eigenvalue weighted by molar-refractivity contribution is -0.141. The molecule has 0 heterocycles. The van der Waals surface area contributed by atoms with Gasteiger partial charge in [-0.05, 0) is 6.42 Å². The van der Waals surface area contributed by atoms with Crippen LogP contribution in [-0.2, 0) is 14.4 Å². The molecule has 2 atom stereocenters. The highest BCUT2D eigenvalue weighted by atomic mass is 16.4. The minimum atomic E-state index is -1.18. The molecule has 0 unspecified atom stereocenters. The molecular weight excluding hydrogens is 236 g/mol. The molecule has 0 aliphatic carbocycles. The molecule has 9 nitrogen and oxygen atoms in total. The van der Waals surface area contributed by atoms with Crippen LogP contribution >= 0.6 is 0 Å². The maximum absolute atomic E-state index is 9.99. The predicted octanol–water partition coefficient (Wildman–Crippen LogP) is -2.35. The van der Waals surface area contributed by atoms with Crippen LogP contribution in [0.25, 0.3) is 0 Å². The fourth-order valence-corrected chi connectivity index (χ4v) is 0.481. The molecule has 0 saturated heterocycles. The highest BCUT2D eigenvalue weighted by Crippen LogP contribution is 1.93. The van der Waals surface area contributed by atoms with Gasteiger partial charge in [-0.15, -0.1) is 0 Å². The summed E-state index contributed by atoms with van der Waals surface area (Å²) >= 11 is 0. The van der Waals surface area contributed by atoms with Gasteiger partial charge in [0.15, 0.2) is 0 Å². The summed E-state index contributed by atoms with van der Waals surface area (Å²) in [6, 6.07) is -2.18. The Labute approximate surface area is 96.6 Å². The lowest BCUT2D eigenvalue weighted by Gasteiger charge is -2.01. The maximum atomic E-state index is 9.99.